The van der Waals surface area contributed by atoms with Gasteiger partial charge in [0.25, 0.3) is 0 Å². The first-order chi connectivity index (χ1) is 17.0. The summed E-state index contributed by atoms with van der Waals surface area (Å²) in [6.45, 7) is 11.5. The molecule has 4 atom stereocenters. The zero-order chi connectivity index (χ0) is 25.6. The molecule has 0 aliphatic carbocycles. The van der Waals surface area contributed by atoms with E-state index in [1.807, 2.05) is 0 Å². The Hall–Kier alpha value is -1.81. The summed E-state index contributed by atoms with van der Waals surface area (Å²) in [5, 5.41) is 21.1. The molecule has 190 valence electrons. The molecule has 0 saturated carbocycles. The number of nitriles is 1. The molecule has 7 rings (SSSR count). The van der Waals surface area contributed by atoms with Gasteiger partial charge in [0.2, 0.25) is 0 Å². The highest BCUT2D eigenvalue weighted by molar-refractivity contribution is 8.32. The minimum atomic E-state index is -2.52. The van der Waals surface area contributed by atoms with Crippen LogP contribution < -0.4 is 10.2 Å². The summed E-state index contributed by atoms with van der Waals surface area (Å²) in [5.74, 6) is 0. The summed E-state index contributed by atoms with van der Waals surface area (Å²) in [6.07, 6.45) is 7.40. The number of aliphatic hydroxyl groups is 1. The van der Waals surface area contributed by atoms with Crippen molar-refractivity contribution in [2.24, 2.45) is 0 Å². The average molecular weight is 540 g/mol. The minimum Gasteiger partial charge on any atom is -0.399 e. The molecule has 5 aliphatic heterocycles. The smallest absolute Gasteiger partial charge is 0.159 e. The zero-order valence-corrected chi connectivity index (χ0v) is 24.2. The summed E-state index contributed by atoms with van der Waals surface area (Å²) < 4.78 is 17.6. The number of aliphatic hydroxyl groups excluding tert-OH is 1. The van der Waals surface area contributed by atoms with Gasteiger partial charge in [-0.1, -0.05) is 17.7 Å². The largest absolute Gasteiger partial charge is 0.399 e. The molecule has 6 heterocycles. The van der Waals surface area contributed by atoms with E-state index in [4.69, 9.17) is 0 Å². The van der Waals surface area contributed by atoms with E-state index in [-0.39, 0.29) is 18.2 Å². The van der Waals surface area contributed by atoms with Gasteiger partial charge in [-0.25, -0.2) is 4.21 Å². The van der Waals surface area contributed by atoms with E-state index in [1.54, 1.807) is 11.3 Å². The van der Waals surface area contributed by atoms with E-state index in [2.05, 4.69) is 80.3 Å². The van der Waals surface area contributed by atoms with Crippen molar-refractivity contribution in [1.82, 2.24) is 4.31 Å². The number of nitrogens with zero attached hydrogens (tertiary/aromatic N) is 3. The summed E-state index contributed by atoms with van der Waals surface area (Å²) >= 11 is 1.62. The van der Waals surface area contributed by atoms with E-state index in [0.717, 1.165) is 58.5 Å². The van der Waals surface area contributed by atoms with E-state index in [0.29, 0.717) is 5.56 Å². The lowest BCUT2D eigenvalue weighted by molar-refractivity contribution is 0.285. The number of fused-ring (bicyclic) bond motifs is 1. The Morgan fingerprint density at radius 3 is 2.86 bits per heavy atom. The van der Waals surface area contributed by atoms with E-state index >= 15 is 4.21 Å². The van der Waals surface area contributed by atoms with E-state index in [1.165, 1.54) is 11.3 Å². The number of rotatable bonds is 1. The predicted molar refractivity (Wildman–Crippen MR) is 152 cm³/mol. The fourth-order valence-corrected chi connectivity index (χ4v) is 17.5. The molecule has 5 nitrogen and oxygen atoms in total. The fraction of sp³-hybridized carbons (Fsp3) is 0.500. The van der Waals surface area contributed by atoms with Gasteiger partial charge in [0.1, 0.15) is 4.88 Å². The number of hydrogen-bond donors (Lipinski definition) is 1. The van der Waals surface area contributed by atoms with Crippen LogP contribution in [0.4, 0.5) is 5.69 Å². The Morgan fingerprint density at radius 2 is 2.17 bits per heavy atom. The molecule has 0 radical (unpaired) electrons. The van der Waals surface area contributed by atoms with Gasteiger partial charge < -0.3 is 10.0 Å². The van der Waals surface area contributed by atoms with Crippen molar-refractivity contribution in [3.05, 3.63) is 56.9 Å². The molecule has 2 aromatic rings. The lowest BCUT2D eigenvalue weighted by Gasteiger charge is -2.40. The Balaban J connectivity index is 1.78. The van der Waals surface area contributed by atoms with Crippen molar-refractivity contribution in [2.75, 3.05) is 18.0 Å². The molecule has 5 aliphatic rings. The lowest BCUT2D eigenvalue weighted by atomic mass is 9.89. The maximum absolute atomic E-state index is 15.7. The summed E-state index contributed by atoms with van der Waals surface area (Å²) in [5.41, 5.74) is 5.20. The minimum absolute atomic E-state index is 0.0232. The highest BCUT2D eigenvalue weighted by Crippen LogP contribution is 2.55. The highest BCUT2D eigenvalue weighted by atomic mass is 32.5. The maximum atomic E-state index is 15.7. The lowest BCUT2D eigenvalue weighted by Crippen LogP contribution is -2.50. The predicted octanol–water partition coefficient (Wildman–Crippen LogP) is 5.36. The molecule has 8 heteroatoms. The van der Waals surface area contributed by atoms with Crippen molar-refractivity contribution in [1.29, 1.82) is 5.26 Å². The first kappa shape index (κ1) is 24.5. The van der Waals surface area contributed by atoms with Crippen molar-refractivity contribution < 1.29 is 9.32 Å². The molecule has 1 saturated heterocycles. The van der Waals surface area contributed by atoms with Gasteiger partial charge in [-0.2, -0.15) is 21.2 Å². The zero-order valence-electron chi connectivity index (χ0n) is 21.7. The van der Waals surface area contributed by atoms with Crippen LogP contribution in [0, 0.1) is 17.5 Å². The van der Waals surface area contributed by atoms with Gasteiger partial charge in [0.05, 0.1) is 51.2 Å². The molecule has 3 unspecified atom stereocenters. The van der Waals surface area contributed by atoms with Gasteiger partial charge in [0.15, 0.2) is 9.30 Å². The van der Waals surface area contributed by atoms with Crippen LogP contribution in [0.1, 0.15) is 73.9 Å². The number of thiophene rings is 1. The molecule has 0 amide bonds. The average Bonchev–Trinajstić information content (AvgIpc) is 3.41. The number of benzene rings is 1. The second-order valence-electron chi connectivity index (χ2n) is 11.9. The van der Waals surface area contributed by atoms with Crippen LogP contribution in [-0.4, -0.2) is 43.0 Å². The summed E-state index contributed by atoms with van der Waals surface area (Å²) in [6, 6.07) is 8.92. The Labute approximate surface area is 220 Å². The Morgan fingerprint density at radius 1 is 1.39 bits per heavy atom. The standard InChI is InChI=1S/C28H34N3O2PS2/c1-27(2,3)36(33)31-16-20(14-28(31,4)5)30-9-6-7-19-11-18(15-29)12-23(25(19)30)22-8-10-34(36)24-13-21(17-32)35-26(22)24/h8,10-13,20,32H,6-7,9,14,16-17H2,1-5H3/t20-,36?/m0/s1. The first-order valence-corrected chi connectivity index (χ1v) is 17.1. The van der Waals surface area contributed by atoms with Crippen molar-refractivity contribution in [2.45, 2.75) is 76.8 Å². The van der Waals surface area contributed by atoms with Gasteiger partial charge in [0, 0.05) is 30.4 Å². The summed E-state index contributed by atoms with van der Waals surface area (Å²) in [7, 11) is -2.52. The number of hydrogen-bond acceptors (Lipinski definition) is 4. The van der Waals surface area contributed by atoms with Gasteiger partial charge in [-0.3, -0.25) is 0 Å². The third-order valence-electron chi connectivity index (χ3n) is 8.11. The number of anilines is 1. The summed E-state index contributed by atoms with van der Waals surface area (Å²) in [4.78, 5) is 4.60. The second kappa shape index (κ2) is 8.09. The second-order valence-corrected chi connectivity index (χ2v) is 19.8. The van der Waals surface area contributed by atoms with Crippen molar-refractivity contribution in [3.8, 4) is 6.07 Å². The van der Waals surface area contributed by atoms with Crippen LogP contribution in [0.15, 0.2) is 24.3 Å². The van der Waals surface area contributed by atoms with E-state index in [9.17, 15) is 10.4 Å². The quantitative estimate of drug-likeness (QED) is 0.301. The van der Waals surface area contributed by atoms with Crippen LogP contribution in [0.2, 0.25) is 0 Å². The topological polar surface area (TPSA) is 67.6 Å². The van der Waals surface area contributed by atoms with Gasteiger partial charge in [-0.15, -0.1) is 0 Å². The first-order valence-electron chi connectivity index (χ1n) is 12.7. The SMILES string of the molecule is CC1(C)C[C@H]2CN1S(=O)(C(C)(C)C)=[P+]1[CH-]C=C(c3cc(C#N)cc4c3N2CCC4)c2[s+][c-](CO)cc21. The molecule has 1 aromatic heterocycles. The van der Waals surface area contributed by atoms with E-state index < -0.39 is 20.7 Å². The Bertz CT molecular complexity index is 1480. The monoisotopic (exact) mass is 539 g/mol. The molecule has 1 N–H and O–H groups in total. The molecular formula is C28H34N3O2PS2. The third-order valence-corrected chi connectivity index (χ3v) is 18.8. The van der Waals surface area contributed by atoms with Crippen LogP contribution in [-0.2, 0) is 22.3 Å². The number of allylic oxidation sites excluding steroid dienone is 1. The highest BCUT2D eigenvalue weighted by Gasteiger charge is 2.53. The third kappa shape index (κ3) is 3.32. The van der Waals surface area contributed by atoms with Crippen molar-refractivity contribution in [3.63, 3.8) is 0 Å². The maximum Gasteiger partial charge on any atom is 0.159 e. The molecule has 1 fully saturated rings. The Kier molecular flexibility index (Phi) is 5.51. The van der Waals surface area contributed by atoms with Crippen LogP contribution in [0.25, 0.3) is 5.57 Å². The molecule has 4 bridgehead atoms. The van der Waals surface area contributed by atoms with Gasteiger partial charge >= 0.3 is 0 Å². The molecule has 0 spiro atoms. The molecule has 1 aromatic carbocycles. The normalized spacial score (nSPS) is 29.0. The van der Waals surface area contributed by atoms with Crippen molar-refractivity contribution >= 4 is 43.9 Å². The molecule has 36 heavy (non-hydrogen) atoms. The van der Waals surface area contributed by atoms with Crippen LogP contribution >= 0.6 is 18.0 Å². The molecular weight excluding hydrogens is 505 g/mol. The van der Waals surface area contributed by atoms with Crippen LogP contribution in [0.3, 0.4) is 0 Å². The van der Waals surface area contributed by atoms with Crippen LogP contribution in [0.5, 0.6) is 0 Å². The number of aryl methyl sites for hydroxylation is 1. The fourth-order valence-electron chi connectivity index (χ4n) is 6.56. The van der Waals surface area contributed by atoms with Gasteiger partial charge in [-0.05, 0) is 71.7 Å².